The first-order chi connectivity index (χ1) is 8.74. The third kappa shape index (κ3) is 3.01. The summed E-state index contributed by atoms with van der Waals surface area (Å²) in [6, 6.07) is 7.54. The Morgan fingerprint density at radius 2 is 2.05 bits per heavy atom. The van der Waals surface area contributed by atoms with E-state index in [0.29, 0.717) is 12.0 Å². The zero-order chi connectivity index (χ0) is 12.5. The van der Waals surface area contributed by atoms with Crippen LogP contribution in [0.5, 0.6) is 0 Å². The Morgan fingerprint density at radius 3 is 2.68 bits per heavy atom. The smallest absolute Gasteiger partial charge is 0.194 e. The fourth-order valence-corrected chi connectivity index (χ4v) is 2.67. The Labute approximate surface area is 130 Å². The molecule has 3 nitrogen and oxygen atoms in total. The molecule has 0 amide bonds. The van der Waals surface area contributed by atoms with Crippen LogP contribution in [0.1, 0.15) is 24.3 Å². The van der Waals surface area contributed by atoms with E-state index in [4.69, 9.17) is 0 Å². The fourth-order valence-electron chi connectivity index (χ4n) is 2.67. The largest absolute Gasteiger partial charge is 0.353 e. The molecule has 0 aromatic heterocycles. The van der Waals surface area contributed by atoms with Gasteiger partial charge in [-0.3, -0.25) is 4.99 Å². The first kappa shape index (κ1) is 14.6. The van der Waals surface area contributed by atoms with Crippen LogP contribution in [0.4, 0.5) is 4.39 Å². The molecule has 1 aliphatic carbocycles. The number of nitrogens with one attached hydrogen (secondary N) is 1. The van der Waals surface area contributed by atoms with Gasteiger partial charge in [0, 0.05) is 19.6 Å². The molecule has 1 aliphatic heterocycles. The second kappa shape index (κ2) is 6.07. The van der Waals surface area contributed by atoms with Gasteiger partial charge in [0.1, 0.15) is 5.82 Å². The summed E-state index contributed by atoms with van der Waals surface area (Å²) in [7, 11) is 2.05. The summed E-state index contributed by atoms with van der Waals surface area (Å²) in [5, 5.41) is 3.44. The normalized spacial score (nSPS) is 25.4. The molecule has 3 rings (SSSR count). The van der Waals surface area contributed by atoms with Crippen molar-refractivity contribution in [1.29, 1.82) is 0 Å². The maximum Gasteiger partial charge on any atom is 0.194 e. The highest BCUT2D eigenvalue weighted by Crippen LogP contribution is 2.38. The molecule has 1 fully saturated rings. The molecule has 0 bridgehead atoms. The summed E-state index contributed by atoms with van der Waals surface area (Å²) in [6.07, 6.45) is 1.99. The maximum absolute atomic E-state index is 13.6. The summed E-state index contributed by atoms with van der Waals surface area (Å²) in [5.41, 5.74) is 0.859. The minimum atomic E-state index is -0.0729. The molecule has 0 spiro atoms. The number of hydrogen-bond acceptors (Lipinski definition) is 3. The average Bonchev–Trinajstić information content (AvgIpc) is 2.70. The van der Waals surface area contributed by atoms with Crippen LogP contribution in [0.15, 0.2) is 29.3 Å². The molecular formula is C14H19FIN3. The van der Waals surface area contributed by atoms with Crippen LogP contribution >= 0.6 is 24.0 Å². The molecule has 1 aromatic carbocycles. The quantitative estimate of drug-likeness (QED) is 0.805. The molecule has 1 saturated carbocycles. The van der Waals surface area contributed by atoms with Gasteiger partial charge in [0.25, 0.3) is 0 Å². The third-order valence-electron chi connectivity index (χ3n) is 3.87. The van der Waals surface area contributed by atoms with E-state index in [1.807, 2.05) is 19.2 Å². The van der Waals surface area contributed by atoms with Gasteiger partial charge in [-0.25, -0.2) is 4.39 Å². The van der Waals surface area contributed by atoms with Gasteiger partial charge < -0.3 is 10.2 Å². The Balaban J connectivity index is 0.00000133. The first-order valence-corrected chi connectivity index (χ1v) is 6.50. The second-order valence-electron chi connectivity index (χ2n) is 5.16. The molecule has 2 aliphatic rings. The number of hydrogen-bond donors (Lipinski definition) is 1. The summed E-state index contributed by atoms with van der Waals surface area (Å²) >= 11 is 0. The maximum atomic E-state index is 13.6. The average molecular weight is 375 g/mol. The Hall–Kier alpha value is -0.850. The lowest BCUT2D eigenvalue weighted by Gasteiger charge is -2.37. The van der Waals surface area contributed by atoms with Crippen molar-refractivity contribution in [3.8, 4) is 0 Å². The lowest BCUT2D eigenvalue weighted by molar-refractivity contribution is 0.309. The van der Waals surface area contributed by atoms with Gasteiger partial charge in [-0.15, -0.1) is 24.0 Å². The van der Waals surface area contributed by atoms with Gasteiger partial charge in [0.05, 0.1) is 6.54 Å². The van der Waals surface area contributed by atoms with Crippen LogP contribution in [0.3, 0.4) is 0 Å². The monoisotopic (exact) mass is 375 g/mol. The van der Waals surface area contributed by atoms with Crippen molar-refractivity contribution >= 4 is 29.9 Å². The van der Waals surface area contributed by atoms with Gasteiger partial charge in [0.15, 0.2) is 5.96 Å². The number of nitrogens with zero attached hydrogens (tertiary/aromatic N) is 2. The summed E-state index contributed by atoms with van der Waals surface area (Å²) < 4.78 is 13.6. The molecule has 1 aromatic rings. The van der Waals surface area contributed by atoms with E-state index in [-0.39, 0.29) is 29.8 Å². The molecule has 0 unspecified atom stereocenters. The Bertz CT molecular complexity index is 472. The number of rotatable bonds is 2. The van der Waals surface area contributed by atoms with E-state index >= 15 is 0 Å². The predicted molar refractivity (Wildman–Crippen MR) is 85.6 cm³/mol. The molecule has 19 heavy (non-hydrogen) atoms. The van der Waals surface area contributed by atoms with Gasteiger partial charge in [0.2, 0.25) is 0 Å². The molecule has 1 heterocycles. The highest BCUT2D eigenvalue weighted by Gasteiger charge is 2.33. The minimum absolute atomic E-state index is 0. The van der Waals surface area contributed by atoms with Crippen molar-refractivity contribution in [3.63, 3.8) is 0 Å². The van der Waals surface area contributed by atoms with E-state index in [2.05, 4.69) is 15.2 Å². The van der Waals surface area contributed by atoms with Gasteiger partial charge in [-0.05, 0) is 30.4 Å². The van der Waals surface area contributed by atoms with Crippen molar-refractivity contribution < 1.29 is 4.39 Å². The lowest BCUT2D eigenvalue weighted by atomic mass is 9.75. The van der Waals surface area contributed by atoms with Gasteiger partial charge in [-0.1, -0.05) is 18.2 Å². The van der Waals surface area contributed by atoms with Crippen molar-refractivity contribution in [2.24, 2.45) is 4.99 Å². The van der Waals surface area contributed by atoms with Crippen LogP contribution in [-0.2, 0) is 0 Å². The highest BCUT2D eigenvalue weighted by atomic mass is 127. The van der Waals surface area contributed by atoms with Crippen molar-refractivity contribution in [3.05, 3.63) is 35.6 Å². The van der Waals surface area contributed by atoms with E-state index in [9.17, 15) is 4.39 Å². The standard InChI is InChI=1S/C14H18FN3.HI/c1-18-7-6-16-14(18)17-11-8-10(9-11)12-4-2-3-5-13(12)15;/h2-5,10-11H,6-9H2,1H3,(H,16,17);1H. The third-order valence-corrected chi connectivity index (χ3v) is 3.87. The predicted octanol–water partition coefficient (Wildman–Crippen LogP) is 2.58. The SMILES string of the molecule is CN1CCN=C1NC1CC(c2ccccc2F)C1.I. The number of likely N-dealkylation sites (N-methyl/N-ethyl adjacent to an activating group) is 1. The summed E-state index contributed by atoms with van der Waals surface area (Å²) in [5.74, 6) is 1.28. The molecule has 5 heteroatoms. The molecule has 0 atom stereocenters. The number of benzene rings is 1. The van der Waals surface area contributed by atoms with E-state index in [1.165, 1.54) is 0 Å². The molecule has 0 radical (unpaired) electrons. The van der Waals surface area contributed by atoms with Crippen LogP contribution in [0, 0.1) is 5.82 Å². The van der Waals surface area contributed by atoms with Gasteiger partial charge >= 0.3 is 0 Å². The lowest BCUT2D eigenvalue weighted by Crippen LogP contribution is -2.47. The summed E-state index contributed by atoms with van der Waals surface area (Å²) in [4.78, 5) is 6.55. The second-order valence-corrected chi connectivity index (χ2v) is 5.16. The zero-order valence-corrected chi connectivity index (χ0v) is 13.3. The number of halogens is 2. The molecule has 104 valence electrons. The first-order valence-electron chi connectivity index (χ1n) is 6.50. The van der Waals surface area contributed by atoms with Crippen LogP contribution in [0.25, 0.3) is 0 Å². The van der Waals surface area contributed by atoms with E-state index < -0.39 is 0 Å². The zero-order valence-electron chi connectivity index (χ0n) is 11.0. The highest BCUT2D eigenvalue weighted by molar-refractivity contribution is 14.0. The Morgan fingerprint density at radius 1 is 1.32 bits per heavy atom. The topological polar surface area (TPSA) is 27.6 Å². The fraction of sp³-hybridized carbons (Fsp3) is 0.500. The van der Waals surface area contributed by atoms with Crippen molar-refractivity contribution in [2.45, 2.75) is 24.8 Å². The number of aliphatic imine (C=N–C) groups is 1. The molecule has 0 saturated heterocycles. The van der Waals surface area contributed by atoms with Crippen LogP contribution in [0.2, 0.25) is 0 Å². The van der Waals surface area contributed by atoms with Crippen molar-refractivity contribution in [1.82, 2.24) is 10.2 Å². The molecule has 1 N–H and O–H groups in total. The van der Waals surface area contributed by atoms with Crippen LogP contribution in [-0.4, -0.2) is 37.0 Å². The van der Waals surface area contributed by atoms with Crippen molar-refractivity contribution in [2.75, 3.05) is 20.1 Å². The van der Waals surface area contributed by atoms with Gasteiger partial charge in [-0.2, -0.15) is 0 Å². The summed E-state index contributed by atoms with van der Waals surface area (Å²) in [6.45, 7) is 1.87. The van der Waals surface area contributed by atoms with E-state index in [0.717, 1.165) is 37.5 Å². The number of guanidine groups is 1. The van der Waals surface area contributed by atoms with Crippen LogP contribution < -0.4 is 5.32 Å². The van der Waals surface area contributed by atoms with E-state index in [1.54, 1.807) is 12.1 Å². The Kier molecular flexibility index (Phi) is 4.65. The minimum Gasteiger partial charge on any atom is -0.353 e. The molecular weight excluding hydrogens is 356 g/mol.